The second kappa shape index (κ2) is 7.77. The highest BCUT2D eigenvalue weighted by atomic mass is 35.5. The Morgan fingerprint density at radius 1 is 1.29 bits per heavy atom. The Morgan fingerprint density at radius 3 is 2.50 bits per heavy atom. The first-order valence-electron chi connectivity index (χ1n) is 7.25. The molecule has 0 saturated heterocycles. The Balaban J connectivity index is 2.16. The predicted molar refractivity (Wildman–Crippen MR) is 90.6 cm³/mol. The van der Waals surface area contributed by atoms with E-state index in [1.54, 1.807) is 12.1 Å². The molecule has 0 radical (unpaired) electrons. The summed E-state index contributed by atoms with van der Waals surface area (Å²) in [5.74, 6) is -0.692. The summed E-state index contributed by atoms with van der Waals surface area (Å²) >= 11 is 11.5. The molecule has 0 aliphatic rings. The molecule has 8 heteroatoms. The maximum absolute atomic E-state index is 13.1. The number of benzene rings is 1. The van der Waals surface area contributed by atoms with Crippen LogP contribution in [0.2, 0.25) is 10.0 Å². The molecule has 1 amide bonds. The number of carbonyl (C=O) groups is 1. The van der Waals surface area contributed by atoms with Crippen molar-refractivity contribution < 1.29 is 9.18 Å². The highest BCUT2D eigenvalue weighted by molar-refractivity contribution is 6.41. The number of aromatic nitrogens is 2. The lowest BCUT2D eigenvalue weighted by atomic mass is 9.96. The molecule has 1 unspecified atom stereocenters. The van der Waals surface area contributed by atoms with Crippen LogP contribution in [0.3, 0.4) is 0 Å². The summed E-state index contributed by atoms with van der Waals surface area (Å²) in [7, 11) is 0. The molecule has 24 heavy (non-hydrogen) atoms. The van der Waals surface area contributed by atoms with Gasteiger partial charge in [-0.25, -0.2) is 9.07 Å². The van der Waals surface area contributed by atoms with Crippen LogP contribution >= 0.6 is 23.2 Å². The minimum atomic E-state index is -0.637. The number of hydrogen-bond acceptors (Lipinski definition) is 3. The van der Waals surface area contributed by atoms with Gasteiger partial charge in [0.05, 0.1) is 17.3 Å². The van der Waals surface area contributed by atoms with Gasteiger partial charge in [0.15, 0.2) is 0 Å². The molecule has 1 aromatic carbocycles. The lowest BCUT2D eigenvalue weighted by Gasteiger charge is -2.23. The largest absolute Gasteiger partial charge is 0.347 e. The molecule has 0 aliphatic heterocycles. The summed E-state index contributed by atoms with van der Waals surface area (Å²) < 4.78 is 14.0. The first-order chi connectivity index (χ1) is 11.3. The molecule has 5 nitrogen and oxygen atoms in total. The van der Waals surface area contributed by atoms with Gasteiger partial charge in [-0.3, -0.25) is 9.59 Å². The molecule has 1 aromatic heterocycles. The normalized spacial score (nSPS) is 12.2. The Hall–Kier alpha value is -1.92. The van der Waals surface area contributed by atoms with E-state index >= 15 is 0 Å². The molecule has 1 N–H and O–H groups in total. The maximum atomic E-state index is 13.1. The average Bonchev–Trinajstić information content (AvgIpc) is 2.54. The fourth-order valence-electron chi connectivity index (χ4n) is 2.22. The molecule has 2 rings (SSSR count). The number of hydrogen-bond donors (Lipinski definition) is 1. The predicted octanol–water partition coefficient (Wildman–Crippen LogP) is 3.20. The molecular weight excluding hydrogens is 356 g/mol. The Bertz CT molecular complexity index is 791. The Labute approximate surface area is 148 Å². The summed E-state index contributed by atoms with van der Waals surface area (Å²) in [4.78, 5) is 24.2. The van der Waals surface area contributed by atoms with Crippen LogP contribution in [0.1, 0.15) is 25.5 Å². The third kappa shape index (κ3) is 4.33. The summed E-state index contributed by atoms with van der Waals surface area (Å²) in [6.45, 7) is 3.57. The number of amides is 1. The third-order valence-corrected chi connectivity index (χ3v) is 4.20. The Kier molecular flexibility index (Phi) is 5.96. The van der Waals surface area contributed by atoms with E-state index in [0.29, 0.717) is 0 Å². The van der Waals surface area contributed by atoms with Crippen molar-refractivity contribution >= 4 is 29.1 Å². The molecule has 1 atom stereocenters. The number of halogens is 3. The molecule has 2 aromatic rings. The number of rotatable bonds is 5. The van der Waals surface area contributed by atoms with Crippen molar-refractivity contribution in [2.24, 2.45) is 5.92 Å². The lowest BCUT2D eigenvalue weighted by molar-refractivity contribution is -0.123. The quantitative estimate of drug-likeness (QED) is 0.877. The highest BCUT2D eigenvalue weighted by Crippen LogP contribution is 2.22. The summed E-state index contributed by atoms with van der Waals surface area (Å²) in [5, 5.41) is 6.47. The van der Waals surface area contributed by atoms with E-state index in [-0.39, 0.29) is 34.4 Å². The van der Waals surface area contributed by atoms with Gasteiger partial charge in [0.2, 0.25) is 5.91 Å². The van der Waals surface area contributed by atoms with Crippen molar-refractivity contribution in [3.63, 3.8) is 0 Å². The SMILES string of the molecule is CC(C)C(NC(=O)Cn1ncc(Cl)c(Cl)c1=O)c1ccc(F)cc1. The van der Waals surface area contributed by atoms with E-state index in [1.807, 2.05) is 13.8 Å². The van der Waals surface area contributed by atoms with Crippen LogP contribution in [0.15, 0.2) is 35.3 Å². The minimum absolute atomic E-state index is 0.0321. The third-order valence-electron chi connectivity index (χ3n) is 3.45. The molecular formula is C16H16Cl2FN3O2. The summed E-state index contributed by atoms with van der Waals surface area (Å²) in [6, 6.07) is 5.58. The standard InChI is InChI=1S/C16H16Cl2FN3O2/c1-9(2)15(10-3-5-11(19)6-4-10)21-13(23)8-22-16(24)14(18)12(17)7-20-22/h3-7,9,15H,8H2,1-2H3,(H,21,23). The summed E-state index contributed by atoms with van der Waals surface area (Å²) in [5.41, 5.74) is 0.136. The lowest BCUT2D eigenvalue weighted by Crippen LogP contribution is -2.37. The van der Waals surface area contributed by atoms with Crippen LogP contribution in [0, 0.1) is 11.7 Å². The number of carbonyl (C=O) groups excluding carboxylic acids is 1. The molecule has 0 bridgehead atoms. The second-order valence-corrected chi connectivity index (χ2v) is 6.40. The smallest absolute Gasteiger partial charge is 0.287 e. The van der Waals surface area contributed by atoms with E-state index in [1.165, 1.54) is 18.3 Å². The molecule has 0 fully saturated rings. The van der Waals surface area contributed by atoms with Crippen molar-refractivity contribution in [1.29, 1.82) is 0 Å². The zero-order chi connectivity index (χ0) is 17.9. The van der Waals surface area contributed by atoms with Gasteiger partial charge < -0.3 is 5.32 Å². The van der Waals surface area contributed by atoms with Crippen molar-refractivity contribution in [3.05, 3.63) is 62.2 Å². The van der Waals surface area contributed by atoms with Crippen molar-refractivity contribution in [2.45, 2.75) is 26.4 Å². The van der Waals surface area contributed by atoms with E-state index in [2.05, 4.69) is 10.4 Å². The zero-order valence-electron chi connectivity index (χ0n) is 13.1. The topological polar surface area (TPSA) is 64.0 Å². The first kappa shape index (κ1) is 18.4. The second-order valence-electron chi connectivity index (χ2n) is 5.61. The zero-order valence-corrected chi connectivity index (χ0v) is 14.6. The van der Waals surface area contributed by atoms with E-state index in [9.17, 15) is 14.0 Å². The fourth-order valence-corrected chi connectivity index (χ4v) is 2.49. The van der Waals surface area contributed by atoms with Gasteiger partial charge in [0.25, 0.3) is 5.56 Å². The van der Waals surface area contributed by atoms with E-state index in [0.717, 1.165) is 10.2 Å². The maximum Gasteiger partial charge on any atom is 0.287 e. The summed E-state index contributed by atoms with van der Waals surface area (Å²) in [6.07, 6.45) is 1.21. The van der Waals surface area contributed by atoms with Crippen LogP contribution in [-0.4, -0.2) is 15.7 Å². The molecule has 0 spiro atoms. The van der Waals surface area contributed by atoms with E-state index in [4.69, 9.17) is 23.2 Å². The van der Waals surface area contributed by atoms with E-state index < -0.39 is 11.5 Å². The number of nitrogens with one attached hydrogen (secondary N) is 1. The van der Waals surface area contributed by atoms with Crippen LogP contribution in [0.4, 0.5) is 4.39 Å². The minimum Gasteiger partial charge on any atom is -0.347 e. The van der Waals surface area contributed by atoms with Crippen LogP contribution in [0.25, 0.3) is 0 Å². The van der Waals surface area contributed by atoms with Gasteiger partial charge in [-0.1, -0.05) is 49.2 Å². The van der Waals surface area contributed by atoms with Gasteiger partial charge >= 0.3 is 0 Å². The Morgan fingerprint density at radius 2 is 1.92 bits per heavy atom. The fraction of sp³-hybridized carbons (Fsp3) is 0.312. The van der Waals surface area contributed by atoms with Gasteiger partial charge in [-0.2, -0.15) is 5.10 Å². The van der Waals surface area contributed by atoms with Crippen LogP contribution in [0.5, 0.6) is 0 Å². The van der Waals surface area contributed by atoms with Gasteiger partial charge in [0, 0.05) is 0 Å². The molecule has 128 valence electrons. The van der Waals surface area contributed by atoms with Crippen molar-refractivity contribution in [2.75, 3.05) is 0 Å². The molecule has 0 aliphatic carbocycles. The molecule has 1 heterocycles. The van der Waals surface area contributed by atoms with Crippen LogP contribution < -0.4 is 10.9 Å². The monoisotopic (exact) mass is 371 g/mol. The first-order valence-corrected chi connectivity index (χ1v) is 8.01. The highest BCUT2D eigenvalue weighted by Gasteiger charge is 2.19. The average molecular weight is 372 g/mol. The van der Waals surface area contributed by atoms with Gasteiger partial charge in [-0.15, -0.1) is 0 Å². The van der Waals surface area contributed by atoms with Gasteiger partial charge in [0.1, 0.15) is 17.4 Å². The van der Waals surface area contributed by atoms with Gasteiger partial charge in [-0.05, 0) is 23.6 Å². The van der Waals surface area contributed by atoms with Crippen molar-refractivity contribution in [3.8, 4) is 0 Å². The number of nitrogens with zero attached hydrogens (tertiary/aromatic N) is 2. The van der Waals surface area contributed by atoms with Crippen LogP contribution in [-0.2, 0) is 11.3 Å². The van der Waals surface area contributed by atoms with Crippen molar-refractivity contribution in [1.82, 2.24) is 15.1 Å². The molecule has 0 saturated carbocycles.